The summed E-state index contributed by atoms with van der Waals surface area (Å²) in [6.45, 7) is 14.8. The topological polar surface area (TPSA) is 58.6 Å². The predicted molar refractivity (Wildman–Crippen MR) is 91.2 cm³/mol. The van der Waals surface area contributed by atoms with Crippen LogP contribution in [-0.2, 0) is 4.74 Å². The van der Waals surface area contributed by atoms with E-state index in [1.54, 1.807) is 20.8 Å². The van der Waals surface area contributed by atoms with Gasteiger partial charge in [-0.25, -0.2) is 15.2 Å². The Morgan fingerprint density at radius 3 is 1.83 bits per heavy atom. The van der Waals surface area contributed by atoms with Gasteiger partial charge >= 0.3 is 6.09 Å². The third-order valence-electron chi connectivity index (χ3n) is 2.94. The summed E-state index contributed by atoms with van der Waals surface area (Å²) in [4.78, 5) is 24.9. The van der Waals surface area contributed by atoms with Crippen molar-refractivity contribution in [2.24, 2.45) is 0 Å². The number of carbonyl (C=O) groups excluding carboxylic acids is 2. The molecule has 5 nitrogen and oxygen atoms in total. The smallest absolute Gasteiger partial charge is 0.426 e. The quantitative estimate of drug-likeness (QED) is 0.796. The largest absolute Gasteiger partial charge is 0.443 e. The average molecular weight is 320 g/mol. The molecule has 0 fully saturated rings. The Kier molecular flexibility index (Phi) is 5.46. The number of hydrazine groups is 1. The molecule has 1 aromatic rings. The Bertz CT molecular complexity index is 575. The zero-order chi connectivity index (χ0) is 18.0. The summed E-state index contributed by atoms with van der Waals surface area (Å²) in [7, 11) is 0. The minimum atomic E-state index is -0.648. The van der Waals surface area contributed by atoms with Crippen LogP contribution in [0.4, 0.5) is 4.79 Å². The molecule has 0 saturated carbocycles. The number of aryl methyl sites for hydroxylation is 2. The van der Waals surface area contributed by atoms with Gasteiger partial charge in [-0.1, -0.05) is 17.2 Å². The van der Waals surface area contributed by atoms with Crippen LogP contribution >= 0.6 is 0 Å². The van der Waals surface area contributed by atoms with Gasteiger partial charge < -0.3 is 4.74 Å². The zero-order valence-corrected chi connectivity index (χ0v) is 15.4. The molecule has 0 spiro atoms. The zero-order valence-electron chi connectivity index (χ0n) is 15.4. The fraction of sp³-hybridized carbons (Fsp3) is 0.556. The van der Waals surface area contributed by atoms with E-state index < -0.39 is 17.2 Å². The highest BCUT2D eigenvalue weighted by atomic mass is 16.6. The molecule has 23 heavy (non-hydrogen) atoms. The van der Waals surface area contributed by atoms with E-state index in [9.17, 15) is 9.59 Å². The fourth-order valence-corrected chi connectivity index (χ4v) is 2.14. The van der Waals surface area contributed by atoms with Crippen molar-refractivity contribution in [1.82, 2.24) is 10.4 Å². The molecule has 1 N–H and O–H groups in total. The molecule has 0 heterocycles. The molecule has 128 valence electrons. The maximum Gasteiger partial charge on any atom is 0.426 e. The lowest BCUT2D eigenvalue weighted by Gasteiger charge is -2.36. The molecule has 0 bridgehead atoms. The standard InChI is InChI=1S/C18H28N2O3/c1-12-9-13(2)11-14(10-12)15(21)20(17(3,4)5)19-16(22)23-18(6,7)8/h9-11H,1-8H3,(H,19,22). The monoisotopic (exact) mass is 320 g/mol. The molecule has 0 saturated heterocycles. The van der Waals surface area contributed by atoms with Crippen molar-refractivity contribution in [3.05, 3.63) is 34.9 Å². The number of rotatable bonds is 1. The molecule has 1 aromatic carbocycles. The van der Waals surface area contributed by atoms with Crippen molar-refractivity contribution >= 4 is 12.0 Å². The van der Waals surface area contributed by atoms with Crippen molar-refractivity contribution in [2.75, 3.05) is 0 Å². The summed E-state index contributed by atoms with van der Waals surface area (Å²) < 4.78 is 5.25. The third kappa shape index (κ3) is 5.93. The predicted octanol–water partition coefficient (Wildman–Crippen LogP) is 3.98. The second-order valence-corrected chi connectivity index (χ2v) is 7.80. The van der Waals surface area contributed by atoms with Crippen LogP contribution in [0.2, 0.25) is 0 Å². The Balaban J connectivity index is 3.07. The van der Waals surface area contributed by atoms with Crippen LogP contribution in [0.15, 0.2) is 18.2 Å². The van der Waals surface area contributed by atoms with Gasteiger partial charge in [-0.05, 0) is 67.5 Å². The van der Waals surface area contributed by atoms with Crippen LogP contribution in [-0.4, -0.2) is 28.1 Å². The van der Waals surface area contributed by atoms with Crippen LogP contribution in [0.5, 0.6) is 0 Å². The lowest BCUT2D eigenvalue weighted by molar-refractivity contribution is 0.0118. The lowest BCUT2D eigenvalue weighted by atomic mass is 10.0. The summed E-state index contributed by atoms with van der Waals surface area (Å²) in [5, 5.41) is 1.31. The van der Waals surface area contributed by atoms with Crippen LogP contribution in [0.25, 0.3) is 0 Å². The van der Waals surface area contributed by atoms with E-state index >= 15 is 0 Å². The SMILES string of the molecule is Cc1cc(C)cc(C(=O)N(NC(=O)OC(C)(C)C)C(C)(C)C)c1. The molecular formula is C18H28N2O3. The maximum absolute atomic E-state index is 12.9. The molecule has 0 atom stereocenters. The second kappa shape index (κ2) is 6.60. The van der Waals surface area contributed by atoms with Crippen molar-refractivity contribution in [1.29, 1.82) is 0 Å². The summed E-state index contributed by atoms with van der Waals surface area (Å²) >= 11 is 0. The van der Waals surface area contributed by atoms with E-state index in [0.717, 1.165) is 11.1 Å². The van der Waals surface area contributed by atoms with Gasteiger partial charge in [0.15, 0.2) is 0 Å². The van der Waals surface area contributed by atoms with Crippen LogP contribution in [0.1, 0.15) is 63.0 Å². The molecule has 5 heteroatoms. The molecule has 0 unspecified atom stereocenters. The Morgan fingerprint density at radius 2 is 1.43 bits per heavy atom. The number of nitrogens with zero attached hydrogens (tertiary/aromatic N) is 1. The maximum atomic E-state index is 12.9. The van der Waals surface area contributed by atoms with E-state index in [0.29, 0.717) is 5.56 Å². The van der Waals surface area contributed by atoms with Crippen molar-refractivity contribution < 1.29 is 14.3 Å². The normalized spacial score (nSPS) is 11.8. The fourth-order valence-electron chi connectivity index (χ4n) is 2.14. The summed E-state index contributed by atoms with van der Waals surface area (Å²) in [6.07, 6.45) is -0.648. The van der Waals surface area contributed by atoms with Gasteiger partial charge in [0.1, 0.15) is 5.60 Å². The summed E-state index contributed by atoms with van der Waals surface area (Å²) in [6, 6.07) is 5.62. The molecule has 0 aromatic heterocycles. The van der Waals surface area contributed by atoms with E-state index in [-0.39, 0.29) is 5.91 Å². The van der Waals surface area contributed by atoms with E-state index in [2.05, 4.69) is 5.43 Å². The van der Waals surface area contributed by atoms with Crippen LogP contribution < -0.4 is 5.43 Å². The van der Waals surface area contributed by atoms with Gasteiger partial charge in [-0.15, -0.1) is 0 Å². The highest BCUT2D eigenvalue weighted by Crippen LogP contribution is 2.18. The number of nitrogens with one attached hydrogen (secondary N) is 1. The molecule has 0 aliphatic heterocycles. The number of amides is 2. The van der Waals surface area contributed by atoms with Gasteiger partial charge in [-0.3, -0.25) is 4.79 Å². The van der Waals surface area contributed by atoms with Crippen molar-refractivity contribution in [3.63, 3.8) is 0 Å². The van der Waals surface area contributed by atoms with Gasteiger partial charge in [0.2, 0.25) is 0 Å². The minimum absolute atomic E-state index is 0.268. The van der Waals surface area contributed by atoms with Gasteiger partial charge in [0.05, 0.1) is 5.54 Å². The van der Waals surface area contributed by atoms with Gasteiger partial charge in [0.25, 0.3) is 5.91 Å². The van der Waals surface area contributed by atoms with Crippen LogP contribution in [0.3, 0.4) is 0 Å². The van der Waals surface area contributed by atoms with E-state index in [1.807, 2.05) is 52.8 Å². The van der Waals surface area contributed by atoms with E-state index in [1.165, 1.54) is 5.01 Å². The number of hydrogen-bond donors (Lipinski definition) is 1. The van der Waals surface area contributed by atoms with Gasteiger partial charge in [-0.2, -0.15) is 0 Å². The molecule has 2 amide bonds. The highest BCUT2D eigenvalue weighted by molar-refractivity contribution is 5.95. The number of hydrogen-bond acceptors (Lipinski definition) is 3. The highest BCUT2D eigenvalue weighted by Gasteiger charge is 2.31. The Morgan fingerprint density at radius 1 is 0.957 bits per heavy atom. The van der Waals surface area contributed by atoms with Crippen molar-refractivity contribution in [2.45, 2.75) is 66.5 Å². The average Bonchev–Trinajstić information content (AvgIpc) is 2.30. The van der Waals surface area contributed by atoms with Crippen molar-refractivity contribution in [3.8, 4) is 0 Å². The third-order valence-corrected chi connectivity index (χ3v) is 2.94. The minimum Gasteiger partial charge on any atom is -0.443 e. The first-order valence-electron chi connectivity index (χ1n) is 7.72. The molecule has 0 radical (unpaired) electrons. The Hall–Kier alpha value is -2.04. The van der Waals surface area contributed by atoms with E-state index in [4.69, 9.17) is 4.74 Å². The van der Waals surface area contributed by atoms with Crippen LogP contribution in [0, 0.1) is 13.8 Å². The number of ether oxygens (including phenoxy) is 1. The first kappa shape index (κ1) is 19.0. The molecular weight excluding hydrogens is 292 g/mol. The number of benzene rings is 1. The Labute approximate surface area is 139 Å². The molecule has 0 aliphatic carbocycles. The molecule has 0 aliphatic rings. The summed E-state index contributed by atoms with van der Waals surface area (Å²) in [5.74, 6) is -0.268. The first-order chi connectivity index (χ1) is 10.3. The summed E-state index contributed by atoms with van der Waals surface area (Å²) in [5.41, 5.74) is 3.89. The first-order valence-corrected chi connectivity index (χ1v) is 7.72. The number of carbonyl (C=O) groups is 2. The van der Waals surface area contributed by atoms with Gasteiger partial charge in [0, 0.05) is 5.56 Å². The molecule has 1 rings (SSSR count). The lowest BCUT2D eigenvalue weighted by Crippen LogP contribution is -2.56. The second-order valence-electron chi connectivity index (χ2n) is 7.80.